The fourth-order valence-electron chi connectivity index (χ4n) is 1.98. The topological polar surface area (TPSA) is 102 Å². The molecule has 0 saturated carbocycles. The first-order valence-corrected chi connectivity index (χ1v) is 5.84. The van der Waals surface area contributed by atoms with Crippen LogP contribution in [0.2, 0.25) is 0 Å². The van der Waals surface area contributed by atoms with Gasteiger partial charge in [0.25, 0.3) is 0 Å². The zero-order chi connectivity index (χ0) is 13.8. The van der Waals surface area contributed by atoms with Gasteiger partial charge in [0, 0.05) is 23.0 Å². The minimum absolute atomic E-state index is 0.0281. The van der Waals surface area contributed by atoms with E-state index in [0.717, 1.165) is 5.39 Å². The van der Waals surface area contributed by atoms with Crippen LogP contribution in [-0.4, -0.2) is 40.2 Å². The number of aliphatic hydroxyl groups is 1. The SMILES string of the molecule is O=C(Cc1c(C(=O)O)[nH]c2ccccc12)NCCO. The lowest BCUT2D eigenvalue weighted by molar-refractivity contribution is -0.120. The van der Waals surface area contributed by atoms with Crippen molar-refractivity contribution >= 4 is 22.8 Å². The second-order valence-corrected chi connectivity index (χ2v) is 4.08. The predicted molar refractivity (Wildman–Crippen MR) is 69.1 cm³/mol. The van der Waals surface area contributed by atoms with E-state index < -0.39 is 5.97 Å². The maximum atomic E-state index is 11.7. The molecule has 1 aromatic heterocycles. The highest BCUT2D eigenvalue weighted by Gasteiger charge is 2.18. The molecular formula is C13H14N2O4. The average Bonchev–Trinajstić information content (AvgIpc) is 2.76. The highest BCUT2D eigenvalue weighted by atomic mass is 16.4. The van der Waals surface area contributed by atoms with Crippen LogP contribution in [0.15, 0.2) is 24.3 Å². The van der Waals surface area contributed by atoms with E-state index in [1.54, 1.807) is 24.3 Å². The van der Waals surface area contributed by atoms with Crippen LogP contribution in [0.1, 0.15) is 16.1 Å². The monoisotopic (exact) mass is 262 g/mol. The normalized spacial score (nSPS) is 10.6. The summed E-state index contributed by atoms with van der Waals surface area (Å²) >= 11 is 0. The number of rotatable bonds is 5. The smallest absolute Gasteiger partial charge is 0.352 e. The molecule has 0 radical (unpaired) electrons. The third kappa shape index (κ3) is 2.74. The number of para-hydroxylation sites is 1. The van der Waals surface area contributed by atoms with Crippen molar-refractivity contribution in [3.8, 4) is 0 Å². The molecular weight excluding hydrogens is 248 g/mol. The molecule has 0 atom stereocenters. The number of nitrogens with one attached hydrogen (secondary N) is 2. The lowest BCUT2D eigenvalue weighted by Crippen LogP contribution is -2.28. The van der Waals surface area contributed by atoms with E-state index in [0.29, 0.717) is 11.1 Å². The van der Waals surface area contributed by atoms with Crippen LogP contribution >= 0.6 is 0 Å². The minimum Gasteiger partial charge on any atom is -0.477 e. The number of aliphatic hydroxyl groups excluding tert-OH is 1. The first kappa shape index (κ1) is 13.1. The van der Waals surface area contributed by atoms with Crippen molar-refractivity contribution in [2.45, 2.75) is 6.42 Å². The van der Waals surface area contributed by atoms with Crippen LogP contribution in [-0.2, 0) is 11.2 Å². The summed E-state index contributed by atoms with van der Waals surface area (Å²) in [5.41, 5.74) is 1.17. The largest absolute Gasteiger partial charge is 0.477 e. The summed E-state index contributed by atoms with van der Waals surface area (Å²) in [6, 6.07) is 7.11. The quantitative estimate of drug-likeness (QED) is 0.630. The predicted octanol–water partition coefficient (Wildman–Crippen LogP) is 0.517. The van der Waals surface area contributed by atoms with Gasteiger partial charge < -0.3 is 20.5 Å². The van der Waals surface area contributed by atoms with Crippen molar-refractivity contribution in [3.05, 3.63) is 35.5 Å². The number of hydrogen-bond donors (Lipinski definition) is 4. The Morgan fingerprint density at radius 3 is 2.68 bits per heavy atom. The fourth-order valence-corrected chi connectivity index (χ4v) is 1.98. The van der Waals surface area contributed by atoms with Crippen molar-refractivity contribution < 1.29 is 19.8 Å². The Labute approximate surface area is 109 Å². The zero-order valence-electron chi connectivity index (χ0n) is 10.1. The van der Waals surface area contributed by atoms with Gasteiger partial charge >= 0.3 is 5.97 Å². The van der Waals surface area contributed by atoms with Gasteiger partial charge in [-0.1, -0.05) is 18.2 Å². The van der Waals surface area contributed by atoms with Gasteiger partial charge in [0.2, 0.25) is 5.91 Å². The summed E-state index contributed by atoms with van der Waals surface area (Å²) in [6.45, 7) is 0.00893. The summed E-state index contributed by atoms with van der Waals surface area (Å²) in [7, 11) is 0. The zero-order valence-corrected chi connectivity index (χ0v) is 10.1. The molecule has 2 rings (SSSR count). The number of aromatic nitrogens is 1. The molecule has 0 aliphatic carbocycles. The number of carboxylic acids is 1. The number of benzene rings is 1. The van der Waals surface area contributed by atoms with Crippen LogP contribution in [0, 0.1) is 0 Å². The summed E-state index contributed by atoms with van der Waals surface area (Å²) in [5, 5.41) is 21.0. The highest BCUT2D eigenvalue weighted by Crippen LogP contribution is 2.22. The van der Waals surface area contributed by atoms with Crippen molar-refractivity contribution in [3.63, 3.8) is 0 Å². The Bertz CT molecular complexity index is 618. The van der Waals surface area contributed by atoms with E-state index in [1.807, 2.05) is 0 Å². The Balaban J connectivity index is 2.36. The molecule has 0 aliphatic heterocycles. The Morgan fingerprint density at radius 2 is 2.00 bits per heavy atom. The molecule has 0 spiro atoms. The molecule has 1 amide bonds. The molecule has 0 unspecified atom stereocenters. The maximum Gasteiger partial charge on any atom is 0.352 e. The van der Waals surface area contributed by atoms with E-state index >= 15 is 0 Å². The Kier molecular flexibility index (Phi) is 3.82. The number of aromatic carboxylic acids is 1. The van der Waals surface area contributed by atoms with Crippen molar-refractivity contribution in [1.82, 2.24) is 10.3 Å². The summed E-state index contributed by atoms with van der Waals surface area (Å²) < 4.78 is 0. The fraction of sp³-hybridized carbons (Fsp3) is 0.231. The van der Waals surface area contributed by atoms with E-state index in [-0.39, 0.29) is 31.2 Å². The van der Waals surface area contributed by atoms with Gasteiger partial charge in [0.1, 0.15) is 5.69 Å². The van der Waals surface area contributed by atoms with Gasteiger partial charge in [-0.3, -0.25) is 4.79 Å². The van der Waals surface area contributed by atoms with Gasteiger partial charge in [0.05, 0.1) is 13.0 Å². The highest BCUT2D eigenvalue weighted by molar-refractivity contribution is 5.99. The third-order valence-corrected chi connectivity index (χ3v) is 2.80. The van der Waals surface area contributed by atoms with Gasteiger partial charge in [-0.25, -0.2) is 4.79 Å². The summed E-state index contributed by atoms with van der Waals surface area (Å²) in [4.78, 5) is 25.6. The molecule has 0 bridgehead atoms. The van der Waals surface area contributed by atoms with Gasteiger partial charge in [-0.15, -0.1) is 0 Å². The molecule has 2 aromatic rings. The van der Waals surface area contributed by atoms with Gasteiger partial charge in [-0.05, 0) is 6.07 Å². The molecule has 100 valence electrons. The Hall–Kier alpha value is -2.34. The minimum atomic E-state index is -1.10. The number of carbonyl (C=O) groups is 2. The number of H-pyrrole nitrogens is 1. The number of carboxylic acid groups (broad SMARTS) is 1. The molecule has 19 heavy (non-hydrogen) atoms. The van der Waals surface area contributed by atoms with Crippen LogP contribution in [0.5, 0.6) is 0 Å². The van der Waals surface area contributed by atoms with E-state index in [4.69, 9.17) is 10.2 Å². The molecule has 6 nitrogen and oxygen atoms in total. The van der Waals surface area contributed by atoms with Gasteiger partial charge in [0.15, 0.2) is 0 Å². The molecule has 0 saturated heterocycles. The number of aromatic amines is 1. The van der Waals surface area contributed by atoms with Gasteiger partial charge in [-0.2, -0.15) is 0 Å². The molecule has 4 N–H and O–H groups in total. The Morgan fingerprint density at radius 1 is 1.26 bits per heavy atom. The third-order valence-electron chi connectivity index (χ3n) is 2.80. The summed E-state index contributed by atoms with van der Waals surface area (Å²) in [6.07, 6.45) is -0.0361. The van der Waals surface area contributed by atoms with Crippen molar-refractivity contribution in [2.24, 2.45) is 0 Å². The second kappa shape index (κ2) is 5.53. The van der Waals surface area contributed by atoms with E-state index in [2.05, 4.69) is 10.3 Å². The number of carbonyl (C=O) groups excluding carboxylic acids is 1. The average molecular weight is 262 g/mol. The second-order valence-electron chi connectivity index (χ2n) is 4.08. The number of amides is 1. The standard InChI is InChI=1S/C13H14N2O4/c16-6-5-14-11(17)7-9-8-3-1-2-4-10(8)15-12(9)13(18)19/h1-4,15-16H,5-7H2,(H,14,17)(H,18,19). The number of fused-ring (bicyclic) bond motifs is 1. The van der Waals surface area contributed by atoms with Crippen LogP contribution < -0.4 is 5.32 Å². The van der Waals surface area contributed by atoms with Crippen molar-refractivity contribution in [1.29, 1.82) is 0 Å². The first-order valence-electron chi connectivity index (χ1n) is 5.84. The van der Waals surface area contributed by atoms with E-state index in [9.17, 15) is 9.59 Å². The van der Waals surface area contributed by atoms with E-state index in [1.165, 1.54) is 0 Å². The summed E-state index contributed by atoms with van der Waals surface area (Å²) in [5.74, 6) is -1.41. The molecule has 1 heterocycles. The van der Waals surface area contributed by atoms with Crippen molar-refractivity contribution in [2.75, 3.05) is 13.2 Å². The van der Waals surface area contributed by atoms with Crippen LogP contribution in [0.25, 0.3) is 10.9 Å². The molecule has 0 fully saturated rings. The molecule has 0 aliphatic rings. The number of hydrogen-bond acceptors (Lipinski definition) is 3. The maximum absolute atomic E-state index is 11.7. The van der Waals surface area contributed by atoms with Crippen LogP contribution in [0.3, 0.4) is 0 Å². The first-order chi connectivity index (χ1) is 9.13. The van der Waals surface area contributed by atoms with Crippen LogP contribution in [0.4, 0.5) is 0 Å². The molecule has 6 heteroatoms. The lowest BCUT2D eigenvalue weighted by Gasteiger charge is -2.03. The lowest BCUT2D eigenvalue weighted by atomic mass is 10.1. The molecule has 1 aromatic carbocycles.